The lowest BCUT2D eigenvalue weighted by Crippen LogP contribution is -2.35. The standard InChI is InChI=1S/C14H25NO3/c1-10(2)5-4-8-15-13(16)11-6-3-7-12(9-11)14(17)18/h10-12H,3-9H2,1-2H3,(H,15,16)(H,17,18). The summed E-state index contributed by atoms with van der Waals surface area (Å²) in [5, 5.41) is 11.9. The number of hydrogen-bond donors (Lipinski definition) is 2. The molecule has 1 saturated carbocycles. The van der Waals surface area contributed by atoms with Crippen molar-refractivity contribution in [2.75, 3.05) is 6.54 Å². The summed E-state index contributed by atoms with van der Waals surface area (Å²) in [6.45, 7) is 5.05. The molecule has 0 radical (unpaired) electrons. The molecule has 0 saturated heterocycles. The van der Waals surface area contributed by atoms with E-state index >= 15 is 0 Å². The molecule has 0 heterocycles. The molecule has 0 bridgehead atoms. The third-order valence-electron chi connectivity index (χ3n) is 3.65. The van der Waals surface area contributed by atoms with Crippen molar-refractivity contribution in [3.63, 3.8) is 0 Å². The molecule has 2 unspecified atom stereocenters. The van der Waals surface area contributed by atoms with Crippen molar-refractivity contribution < 1.29 is 14.7 Å². The van der Waals surface area contributed by atoms with Gasteiger partial charge in [-0.3, -0.25) is 9.59 Å². The molecule has 0 aromatic rings. The molecule has 1 fully saturated rings. The van der Waals surface area contributed by atoms with Crippen molar-refractivity contribution in [2.24, 2.45) is 17.8 Å². The minimum Gasteiger partial charge on any atom is -0.481 e. The largest absolute Gasteiger partial charge is 0.481 e. The molecule has 0 aliphatic heterocycles. The normalized spacial score (nSPS) is 23.9. The highest BCUT2D eigenvalue weighted by molar-refractivity contribution is 5.80. The van der Waals surface area contributed by atoms with E-state index in [1.165, 1.54) is 0 Å². The van der Waals surface area contributed by atoms with Crippen LogP contribution in [0.2, 0.25) is 0 Å². The maximum atomic E-state index is 11.9. The van der Waals surface area contributed by atoms with Gasteiger partial charge in [0.15, 0.2) is 0 Å². The number of hydrogen-bond acceptors (Lipinski definition) is 2. The minimum atomic E-state index is -0.757. The first kappa shape index (κ1) is 15.0. The molecule has 2 atom stereocenters. The molecule has 1 aliphatic rings. The first-order valence-corrected chi connectivity index (χ1v) is 7.01. The fourth-order valence-corrected chi connectivity index (χ4v) is 2.52. The van der Waals surface area contributed by atoms with Crippen LogP contribution in [-0.2, 0) is 9.59 Å². The highest BCUT2D eigenvalue weighted by Gasteiger charge is 2.30. The van der Waals surface area contributed by atoms with E-state index in [-0.39, 0.29) is 17.7 Å². The van der Waals surface area contributed by atoms with Gasteiger partial charge < -0.3 is 10.4 Å². The van der Waals surface area contributed by atoms with Crippen LogP contribution in [0.25, 0.3) is 0 Å². The second-order valence-corrected chi connectivity index (χ2v) is 5.73. The number of amides is 1. The number of carbonyl (C=O) groups is 2. The average Bonchev–Trinajstić information content (AvgIpc) is 2.34. The van der Waals surface area contributed by atoms with Gasteiger partial charge in [0.05, 0.1) is 5.92 Å². The van der Waals surface area contributed by atoms with Crippen LogP contribution in [0.1, 0.15) is 52.4 Å². The van der Waals surface area contributed by atoms with E-state index in [2.05, 4.69) is 19.2 Å². The Morgan fingerprint density at radius 1 is 1.28 bits per heavy atom. The predicted octanol–water partition coefficient (Wildman–Crippen LogP) is 2.43. The lowest BCUT2D eigenvalue weighted by atomic mass is 9.81. The van der Waals surface area contributed by atoms with Crippen LogP contribution in [0.3, 0.4) is 0 Å². The van der Waals surface area contributed by atoms with Gasteiger partial charge in [-0.1, -0.05) is 20.3 Å². The number of nitrogens with one attached hydrogen (secondary N) is 1. The molecule has 1 amide bonds. The Balaban J connectivity index is 2.26. The van der Waals surface area contributed by atoms with Crippen molar-refractivity contribution in [1.82, 2.24) is 5.32 Å². The predicted molar refractivity (Wildman–Crippen MR) is 70.2 cm³/mol. The van der Waals surface area contributed by atoms with E-state index in [9.17, 15) is 9.59 Å². The Labute approximate surface area is 109 Å². The molecule has 2 N–H and O–H groups in total. The fourth-order valence-electron chi connectivity index (χ4n) is 2.52. The first-order chi connectivity index (χ1) is 8.50. The number of carbonyl (C=O) groups excluding carboxylic acids is 1. The Morgan fingerprint density at radius 3 is 2.56 bits per heavy atom. The topological polar surface area (TPSA) is 66.4 Å². The third kappa shape index (κ3) is 5.07. The van der Waals surface area contributed by atoms with E-state index in [0.717, 1.165) is 25.7 Å². The van der Waals surface area contributed by atoms with Gasteiger partial charge in [0.1, 0.15) is 0 Å². The second kappa shape index (κ2) is 7.39. The van der Waals surface area contributed by atoms with Gasteiger partial charge in [-0.25, -0.2) is 0 Å². The van der Waals surface area contributed by atoms with E-state index in [1.807, 2.05) is 0 Å². The zero-order valence-corrected chi connectivity index (χ0v) is 11.4. The quantitative estimate of drug-likeness (QED) is 0.716. The van der Waals surface area contributed by atoms with E-state index in [4.69, 9.17) is 5.11 Å². The van der Waals surface area contributed by atoms with Crippen LogP contribution >= 0.6 is 0 Å². The Hall–Kier alpha value is -1.06. The second-order valence-electron chi connectivity index (χ2n) is 5.73. The summed E-state index contributed by atoms with van der Waals surface area (Å²) in [6.07, 6.45) is 5.01. The van der Waals surface area contributed by atoms with Crippen LogP contribution < -0.4 is 5.32 Å². The van der Waals surface area contributed by atoms with Crippen molar-refractivity contribution in [3.8, 4) is 0 Å². The van der Waals surface area contributed by atoms with E-state index < -0.39 is 5.97 Å². The SMILES string of the molecule is CC(C)CCCNC(=O)C1CCCC(C(=O)O)C1. The molecule has 0 aromatic heterocycles. The summed E-state index contributed by atoms with van der Waals surface area (Å²) in [6, 6.07) is 0. The van der Waals surface area contributed by atoms with E-state index in [0.29, 0.717) is 25.3 Å². The van der Waals surface area contributed by atoms with Crippen LogP contribution in [0.4, 0.5) is 0 Å². The molecule has 4 heteroatoms. The molecular weight excluding hydrogens is 230 g/mol. The van der Waals surface area contributed by atoms with Crippen molar-refractivity contribution in [2.45, 2.75) is 52.4 Å². The third-order valence-corrected chi connectivity index (χ3v) is 3.65. The molecule has 104 valence electrons. The summed E-state index contributed by atoms with van der Waals surface area (Å²) in [5.74, 6) is -0.478. The van der Waals surface area contributed by atoms with Crippen molar-refractivity contribution in [3.05, 3.63) is 0 Å². The Bertz CT molecular complexity index is 289. The van der Waals surface area contributed by atoms with Gasteiger partial charge in [-0.2, -0.15) is 0 Å². The number of carboxylic acid groups (broad SMARTS) is 1. The smallest absolute Gasteiger partial charge is 0.306 e. The maximum absolute atomic E-state index is 11.9. The van der Waals surface area contributed by atoms with Crippen LogP contribution in [0, 0.1) is 17.8 Å². The summed E-state index contributed by atoms with van der Waals surface area (Å²) in [5.41, 5.74) is 0. The lowest BCUT2D eigenvalue weighted by molar-refractivity contribution is -0.144. The highest BCUT2D eigenvalue weighted by Crippen LogP contribution is 2.29. The summed E-state index contributed by atoms with van der Waals surface area (Å²) < 4.78 is 0. The van der Waals surface area contributed by atoms with Crippen LogP contribution in [-0.4, -0.2) is 23.5 Å². The minimum absolute atomic E-state index is 0.0460. The van der Waals surface area contributed by atoms with Gasteiger partial charge in [0.2, 0.25) is 5.91 Å². The monoisotopic (exact) mass is 255 g/mol. The molecule has 1 rings (SSSR count). The molecule has 18 heavy (non-hydrogen) atoms. The summed E-state index contributed by atoms with van der Waals surface area (Å²) in [4.78, 5) is 22.8. The van der Waals surface area contributed by atoms with Crippen LogP contribution in [0.15, 0.2) is 0 Å². The van der Waals surface area contributed by atoms with Crippen molar-refractivity contribution >= 4 is 11.9 Å². The van der Waals surface area contributed by atoms with Crippen molar-refractivity contribution in [1.29, 1.82) is 0 Å². The Morgan fingerprint density at radius 2 is 1.94 bits per heavy atom. The molecule has 1 aliphatic carbocycles. The fraction of sp³-hybridized carbons (Fsp3) is 0.857. The number of rotatable bonds is 6. The molecule has 0 spiro atoms. The molecular formula is C14H25NO3. The van der Waals surface area contributed by atoms with Gasteiger partial charge in [-0.05, 0) is 38.0 Å². The maximum Gasteiger partial charge on any atom is 0.306 e. The lowest BCUT2D eigenvalue weighted by Gasteiger charge is -2.25. The Kier molecular flexibility index (Phi) is 6.16. The molecule has 4 nitrogen and oxygen atoms in total. The summed E-state index contributed by atoms with van der Waals surface area (Å²) >= 11 is 0. The van der Waals surface area contributed by atoms with Gasteiger partial charge in [0.25, 0.3) is 0 Å². The number of aliphatic carboxylic acids is 1. The highest BCUT2D eigenvalue weighted by atomic mass is 16.4. The van der Waals surface area contributed by atoms with Gasteiger partial charge in [-0.15, -0.1) is 0 Å². The average molecular weight is 255 g/mol. The zero-order valence-electron chi connectivity index (χ0n) is 11.4. The van der Waals surface area contributed by atoms with Gasteiger partial charge in [0, 0.05) is 12.5 Å². The molecule has 0 aromatic carbocycles. The number of carboxylic acids is 1. The zero-order chi connectivity index (χ0) is 13.5. The van der Waals surface area contributed by atoms with Crippen LogP contribution in [0.5, 0.6) is 0 Å². The first-order valence-electron chi connectivity index (χ1n) is 7.01. The summed E-state index contributed by atoms with van der Waals surface area (Å²) in [7, 11) is 0. The van der Waals surface area contributed by atoms with E-state index in [1.54, 1.807) is 0 Å². The van der Waals surface area contributed by atoms with Gasteiger partial charge >= 0.3 is 5.97 Å².